The van der Waals surface area contributed by atoms with Gasteiger partial charge >= 0.3 is 11.7 Å². The van der Waals surface area contributed by atoms with E-state index in [4.69, 9.17) is 30.2 Å². The first-order valence-corrected chi connectivity index (χ1v) is 14.4. The summed E-state index contributed by atoms with van der Waals surface area (Å²) in [5.41, 5.74) is -2.61. The number of aromatic nitrogens is 2. The number of carbonyl (C=O) groups excluding carboxylic acids is 2. The standard InChI is InChI=1S/C32H24ClN3O10/c1-12-10-15-20(26(37)32(12)27(38)22-18(43-2)11-19(44-3)24(33)25(22)46-32)21(23-28(34-15)35-31(42)36-29(23)39)17-9-8-16(45-17)13-4-6-14(7-5-13)30(40)41/h4-9,11-12,21H,10H2,1-3H3,(H,40,41)(H3,34,35,36,39,42). The van der Waals surface area contributed by atoms with E-state index in [2.05, 4.69) is 15.3 Å². The molecule has 0 radical (unpaired) electrons. The number of nitrogens with one attached hydrogen (secondary N) is 3. The number of carboxylic acid groups (broad SMARTS) is 1. The van der Waals surface area contributed by atoms with Gasteiger partial charge in [-0.05, 0) is 30.7 Å². The Labute approximate surface area is 263 Å². The Morgan fingerprint density at radius 2 is 1.72 bits per heavy atom. The lowest BCUT2D eigenvalue weighted by atomic mass is 9.66. The molecule has 0 saturated carbocycles. The summed E-state index contributed by atoms with van der Waals surface area (Å²) in [6.07, 6.45) is 0.104. The predicted octanol–water partition coefficient (Wildman–Crippen LogP) is 4.13. The number of ether oxygens (including phenoxy) is 3. The number of rotatable bonds is 5. The molecule has 2 aromatic heterocycles. The third-order valence-electron chi connectivity index (χ3n) is 8.69. The minimum absolute atomic E-state index is 0.00872. The molecule has 0 saturated heterocycles. The Kier molecular flexibility index (Phi) is 6.49. The van der Waals surface area contributed by atoms with E-state index >= 15 is 0 Å². The van der Waals surface area contributed by atoms with Crippen LogP contribution in [0, 0.1) is 5.92 Å². The third kappa shape index (κ3) is 3.97. The van der Waals surface area contributed by atoms with Gasteiger partial charge < -0.3 is 29.1 Å². The lowest BCUT2D eigenvalue weighted by Crippen LogP contribution is -2.58. The second-order valence-electron chi connectivity index (χ2n) is 11.1. The van der Waals surface area contributed by atoms with Gasteiger partial charge in [-0.15, -0.1) is 0 Å². The van der Waals surface area contributed by atoms with Crippen LogP contribution in [0.5, 0.6) is 17.2 Å². The highest BCUT2D eigenvalue weighted by Gasteiger charge is 2.64. The average Bonchev–Trinajstić information content (AvgIpc) is 3.64. The Morgan fingerprint density at radius 3 is 2.39 bits per heavy atom. The summed E-state index contributed by atoms with van der Waals surface area (Å²) in [6.45, 7) is 1.68. The number of fused-ring (bicyclic) bond motifs is 2. The fourth-order valence-corrected chi connectivity index (χ4v) is 6.77. The van der Waals surface area contributed by atoms with E-state index < -0.39 is 46.2 Å². The SMILES string of the molecule is COc1cc(OC)c2c(c1Cl)OC1(C(=O)C3=C(CC1C)Nc1[nH]c(=O)[nH]c(=O)c1C3c1ccc(-c3ccc(C(=O)O)cc3)o1)C2=O. The van der Waals surface area contributed by atoms with Gasteiger partial charge in [-0.1, -0.05) is 30.7 Å². The number of benzene rings is 2. The van der Waals surface area contributed by atoms with Crippen LogP contribution in [0.3, 0.4) is 0 Å². The summed E-state index contributed by atoms with van der Waals surface area (Å²) in [7, 11) is 2.75. The molecule has 1 spiro atoms. The van der Waals surface area contributed by atoms with Gasteiger partial charge in [0.05, 0.1) is 31.3 Å². The van der Waals surface area contributed by atoms with Crippen LogP contribution in [0.2, 0.25) is 5.02 Å². The number of aromatic amines is 2. The molecule has 4 heterocycles. The Bertz CT molecular complexity index is 2160. The molecule has 46 heavy (non-hydrogen) atoms. The van der Waals surface area contributed by atoms with Crippen molar-refractivity contribution in [3.8, 4) is 28.6 Å². The fourth-order valence-electron chi connectivity index (χ4n) is 6.51. The molecule has 4 aromatic rings. The van der Waals surface area contributed by atoms with Crippen LogP contribution in [0.25, 0.3) is 11.3 Å². The van der Waals surface area contributed by atoms with Crippen molar-refractivity contribution in [2.45, 2.75) is 24.9 Å². The second kappa shape index (κ2) is 10.2. The van der Waals surface area contributed by atoms with E-state index in [-0.39, 0.29) is 62.5 Å². The molecule has 14 heteroatoms. The molecule has 2 aliphatic heterocycles. The minimum Gasteiger partial charge on any atom is -0.496 e. The summed E-state index contributed by atoms with van der Waals surface area (Å²) < 4.78 is 23.3. The number of ketones is 2. The van der Waals surface area contributed by atoms with Crippen molar-refractivity contribution in [1.82, 2.24) is 9.97 Å². The molecule has 0 fully saturated rings. The zero-order valence-corrected chi connectivity index (χ0v) is 25.2. The van der Waals surface area contributed by atoms with Crippen LogP contribution in [-0.4, -0.2) is 52.4 Å². The number of Topliss-reactive ketones (excluding diaryl/α,β-unsaturated/α-hetero) is 2. The van der Waals surface area contributed by atoms with Crippen molar-refractivity contribution in [1.29, 1.82) is 0 Å². The highest BCUT2D eigenvalue weighted by atomic mass is 35.5. The predicted molar refractivity (Wildman–Crippen MR) is 162 cm³/mol. The quantitative estimate of drug-likeness (QED) is 0.228. The van der Waals surface area contributed by atoms with Gasteiger partial charge in [-0.2, -0.15) is 0 Å². The number of allylic oxidation sites excluding steroid dienone is 1. The maximum atomic E-state index is 14.8. The van der Waals surface area contributed by atoms with Gasteiger partial charge in [0.25, 0.3) is 5.56 Å². The minimum atomic E-state index is -2.07. The zero-order valence-electron chi connectivity index (χ0n) is 24.4. The molecular weight excluding hydrogens is 622 g/mol. The summed E-state index contributed by atoms with van der Waals surface area (Å²) >= 11 is 6.58. The number of furan rings is 1. The summed E-state index contributed by atoms with van der Waals surface area (Å²) in [5.74, 6) is -3.60. The largest absolute Gasteiger partial charge is 0.496 e. The van der Waals surface area contributed by atoms with Crippen LogP contribution in [0.1, 0.15) is 51.3 Å². The Morgan fingerprint density at radius 1 is 1.00 bits per heavy atom. The number of aromatic carboxylic acids is 1. The number of hydrogen-bond donors (Lipinski definition) is 4. The number of H-pyrrole nitrogens is 2. The number of hydrogen-bond acceptors (Lipinski definition) is 10. The van der Waals surface area contributed by atoms with Crippen LogP contribution in [-0.2, 0) is 4.79 Å². The molecule has 7 rings (SSSR count). The van der Waals surface area contributed by atoms with Crippen molar-refractivity contribution in [3.05, 3.63) is 102 Å². The number of anilines is 1. The monoisotopic (exact) mass is 645 g/mol. The van der Waals surface area contributed by atoms with Crippen molar-refractivity contribution < 1.29 is 38.1 Å². The molecule has 2 aromatic carbocycles. The first-order valence-electron chi connectivity index (χ1n) is 14.0. The fraction of sp³-hybridized carbons (Fsp3) is 0.219. The molecule has 3 unspecified atom stereocenters. The summed E-state index contributed by atoms with van der Waals surface area (Å²) in [4.78, 5) is 70.9. The molecule has 1 aliphatic carbocycles. The van der Waals surface area contributed by atoms with Gasteiger partial charge in [0.1, 0.15) is 39.4 Å². The molecule has 0 bridgehead atoms. The van der Waals surface area contributed by atoms with E-state index in [0.717, 1.165) is 0 Å². The number of halogens is 1. The first kappa shape index (κ1) is 29.2. The van der Waals surface area contributed by atoms with E-state index in [9.17, 15) is 29.1 Å². The molecule has 0 amide bonds. The maximum Gasteiger partial charge on any atom is 0.335 e. The van der Waals surface area contributed by atoms with Gasteiger partial charge in [0.2, 0.25) is 17.2 Å². The first-order chi connectivity index (χ1) is 22.0. The summed E-state index contributed by atoms with van der Waals surface area (Å²) in [5, 5.41) is 12.3. The average molecular weight is 646 g/mol. The van der Waals surface area contributed by atoms with Crippen LogP contribution in [0.4, 0.5) is 5.82 Å². The summed E-state index contributed by atoms with van der Waals surface area (Å²) in [6, 6.07) is 10.6. The molecule has 4 N–H and O–H groups in total. The normalized spacial score (nSPS) is 21.3. The topological polar surface area (TPSA) is 190 Å². The Balaban J connectivity index is 1.40. The second-order valence-corrected chi connectivity index (χ2v) is 11.5. The van der Waals surface area contributed by atoms with E-state index in [1.807, 2.05) is 0 Å². The van der Waals surface area contributed by atoms with Crippen molar-refractivity contribution in [3.63, 3.8) is 0 Å². The van der Waals surface area contributed by atoms with Crippen LogP contribution in [0.15, 0.2) is 67.7 Å². The van der Waals surface area contributed by atoms with E-state index in [0.29, 0.717) is 17.0 Å². The lowest BCUT2D eigenvalue weighted by Gasteiger charge is -2.41. The van der Waals surface area contributed by atoms with E-state index in [1.165, 1.54) is 32.4 Å². The Hall–Kier alpha value is -5.56. The molecule has 3 atom stereocenters. The molecule has 13 nitrogen and oxygen atoms in total. The third-order valence-corrected chi connectivity index (χ3v) is 9.05. The van der Waals surface area contributed by atoms with Gasteiger partial charge in [-0.25, -0.2) is 9.59 Å². The number of methoxy groups -OCH3 is 2. The number of carbonyl (C=O) groups is 3. The van der Waals surface area contributed by atoms with Crippen molar-refractivity contribution in [2.24, 2.45) is 5.92 Å². The van der Waals surface area contributed by atoms with Crippen molar-refractivity contribution >= 4 is 35.0 Å². The highest BCUT2D eigenvalue weighted by molar-refractivity contribution is 6.36. The molecule has 234 valence electrons. The smallest absolute Gasteiger partial charge is 0.335 e. The van der Waals surface area contributed by atoms with Gasteiger partial charge in [0, 0.05) is 28.8 Å². The van der Waals surface area contributed by atoms with Crippen molar-refractivity contribution in [2.75, 3.05) is 19.5 Å². The maximum absolute atomic E-state index is 14.8. The van der Waals surface area contributed by atoms with Crippen LogP contribution < -0.4 is 30.8 Å². The number of carboxylic acids is 1. The lowest BCUT2D eigenvalue weighted by molar-refractivity contribution is -0.130. The van der Waals surface area contributed by atoms with Crippen LogP contribution >= 0.6 is 11.6 Å². The highest BCUT2D eigenvalue weighted by Crippen LogP contribution is 2.56. The van der Waals surface area contributed by atoms with Gasteiger partial charge in [-0.3, -0.25) is 24.4 Å². The van der Waals surface area contributed by atoms with E-state index in [1.54, 1.807) is 31.2 Å². The molecule has 3 aliphatic rings. The zero-order chi connectivity index (χ0) is 32.7. The molecular formula is C32H24ClN3O10. The van der Waals surface area contributed by atoms with Gasteiger partial charge in [0.15, 0.2) is 5.75 Å².